The second-order valence-electron chi connectivity index (χ2n) is 10.2. The zero-order chi connectivity index (χ0) is 27.0. The monoisotopic (exact) mass is 526 g/mol. The van der Waals surface area contributed by atoms with Crippen LogP contribution >= 0.6 is 0 Å². The fourth-order valence-corrected chi connectivity index (χ4v) is 5.29. The van der Waals surface area contributed by atoms with E-state index in [4.69, 9.17) is 4.74 Å². The maximum Gasteiger partial charge on any atom is 0.255 e. The van der Waals surface area contributed by atoms with Gasteiger partial charge in [-0.2, -0.15) is 0 Å². The number of hydrogen-bond acceptors (Lipinski definition) is 5. The number of carbonyl (C=O) groups excluding carboxylic acids is 2. The van der Waals surface area contributed by atoms with Crippen molar-refractivity contribution in [2.24, 2.45) is 0 Å². The molecule has 5 rings (SSSR count). The number of nitrogens with one attached hydrogen (secondary N) is 2. The Morgan fingerprint density at radius 2 is 1.67 bits per heavy atom. The van der Waals surface area contributed by atoms with Gasteiger partial charge in [0, 0.05) is 49.7 Å². The van der Waals surface area contributed by atoms with Crippen LogP contribution < -0.4 is 15.5 Å². The SMILES string of the molecule is CCc1ccc(C(=O)Nc2ccc(N3CCc4ccccc4C3)c(C(=O)NCCCN3CCOCC3)c2)cc1. The lowest BCUT2D eigenvalue weighted by molar-refractivity contribution is 0.0374. The van der Waals surface area contributed by atoms with E-state index in [1.807, 2.05) is 42.5 Å². The lowest BCUT2D eigenvalue weighted by atomic mass is 9.98. The Morgan fingerprint density at radius 3 is 2.44 bits per heavy atom. The molecule has 0 aliphatic carbocycles. The number of morpholine rings is 1. The molecule has 0 saturated carbocycles. The first kappa shape index (κ1) is 26.9. The summed E-state index contributed by atoms with van der Waals surface area (Å²) in [6.45, 7) is 8.64. The van der Waals surface area contributed by atoms with Crippen molar-refractivity contribution < 1.29 is 14.3 Å². The highest BCUT2D eigenvalue weighted by Gasteiger charge is 2.22. The molecule has 2 N–H and O–H groups in total. The molecule has 0 spiro atoms. The first-order valence-electron chi connectivity index (χ1n) is 14.0. The smallest absolute Gasteiger partial charge is 0.255 e. The van der Waals surface area contributed by atoms with Crippen LogP contribution in [0.4, 0.5) is 11.4 Å². The van der Waals surface area contributed by atoms with Gasteiger partial charge in [-0.15, -0.1) is 0 Å². The molecule has 0 aromatic heterocycles. The van der Waals surface area contributed by atoms with Gasteiger partial charge in [0.2, 0.25) is 0 Å². The number of aryl methyl sites for hydroxylation is 1. The number of carbonyl (C=O) groups is 2. The van der Waals surface area contributed by atoms with Crippen molar-refractivity contribution in [1.82, 2.24) is 10.2 Å². The largest absolute Gasteiger partial charge is 0.379 e. The molecule has 0 bridgehead atoms. The average molecular weight is 527 g/mol. The van der Waals surface area contributed by atoms with E-state index in [1.54, 1.807) is 0 Å². The van der Waals surface area contributed by atoms with Gasteiger partial charge in [0.15, 0.2) is 0 Å². The molecule has 2 heterocycles. The first-order valence-corrected chi connectivity index (χ1v) is 14.0. The van der Waals surface area contributed by atoms with E-state index in [0.29, 0.717) is 23.4 Å². The van der Waals surface area contributed by atoms with E-state index >= 15 is 0 Å². The molecule has 1 fully saturated rings. The van der Waals surface area contributed by atoms with Crippen LogP contribution in [0.15, 0.2) is 66.7 Å². The highest BCUT2D eigenvalue weighted by Crippen LogP contribution is 2.30. The fourth-order valence-electron chi connectivity index (χ4n) is 5.29. The summed E-state index contributed by atoms with van der Waals surface area (Å²) in [5.74, 6) is -0.302. The van der Waals surface area contributed by atoms with Crippen LogP contribution in [0.25, 0.3) is 0 Å². The molecular weight excluding hydrogens is 488 g/mol. The highest BCUT2D eigenvalue weighted by molar-refractivity contribution is 6.06. The number of anilines is 2. The molecule has 7 heteroatoms. The maximum absolute atomic E-state index is 13.5. The predicted molar refractivity (Wildman–Crippen MR) is 156 cm³/mol. The lowest BCUT2D eigenvalue weighted by Crippen LogP contribution is -2.38. The van der Waals surface area contributed by atoms with Crippen molar-refractivity contribution in [3.05, 3.63) is 94.5 Å². The first-order chi connectivity index (χ1) is 19.1. The molecule has 2 aliphatic rings. The third kappa shape index (κ3) is 6.85. The second kappa shape index (κ2) is 12.9. The van der Waals surface area contributed by atoms with E-state index in [0.717, 1.165) is 70.9 Å². The van der Waals surface area contributed by atoms with E-state index in [1.165, 1.54) is 16.7 Å². The van der Waals surface area contributed by atoms with Gasteiger partial charge in [-0.25, -0.2) is 0 Å². The van der Waals surface area contributed by atoms with Crippen LogP contribution in [-0.4, -0.2) is 62.7 Å². The van der Waals surface area contributed by atoms with E-state index < -0.39 is 0 Å². The van der Waals surface area contributed by atoms with Gasteiger partial charge in [-0.3, -0.25) is 14.5 Å². The van der Waals surface area contributed by atoms with Crippen molar-refractivity contribution in [2.45, 2.75) is 32.7 Å². The summed E-state index contributed by atoms with van der Waals surface area (Å²) in [6, 6.07) is 21.8. The highest BCUT2D eigenvalue weighted by atomic mass is 16.5. The van der Waals surface area contributed by atoms with Crippen molar-refractivity contribution in [1.29, 1.82) is 0 Å². The maximum atomic E-state index is 13.5. The molecule has 1 saturated heterocycles. The van der Waals surface area contributed by atoms with E-state index in [-0.39, 0.29) is 11.8 Å². The van der Waals surface area contributed by atoms with Crippen LogP contribution in [0.2, 0.25) is 0 Å². The van der Waals surface area contributed by atoms with Crippen LogP contribution in [0, 0.1) is 0 Å². The fraction of sp³-hybridized carbons (Fsp3) is 0.375. The lowest BCUT2D eigenvalue weighted by Gasteiger charge is -2.32. The third-order valence-electron chi connectivity index (χ3n) is 7.64. The minimum Gasteiger partial charge on any atom is -0.379 e. The van der Waals surface area contributed by atoms with Gasteiger partial charge in [0.25, 0.3) is 11.8 Å². The summed E-state index contributed by atoms with van der Waals surface area (Å²) in [6.07, 6.45) is 2.74. The number of hydrogen-bond donors (Lipinski definition) is 2. The minimum atomic E-state index is -0.186. The topological polar surface area (TPSA) is 73.9 Å². The normalized spacial score (nSPS) is 15.5. The molecule has 7 nitrogen and oxygen atoms in total. The Kier molecular flexibility index (Phi) is 8.91. The number of nitrogens with zero attached hydrogens (tertiary/aromatic N) is 2. The molecule has 3 aromatic rings. The van der Waals surface area contributed by atoms with Gasteiger partial charge < -0.3 is 20.3 Å². The average Bonchev–Trinajstić information content (AvgIpc) is 2.99. The minimum absolute atomic E-state index is 0.116. The number of amides is 2. The van der Waals surface area contributed by atoms with Gasteiger partial charge in [-0.05, 0) is 72.8 Å². The number of fused-ring (bicyclic) bond motifs is 1. The zero-order valence-corrected chi connectivity index (χ0v) is 22.7. The van der Waals surface area contributed by atoms with Crippen LogP contribution in [0.1, 0.15) is 50.8 Å². The van der Waals surface area contributed by atoms with Crippen molar-refractivity contribution in [3.8, 4) is 0 Å². The molecular formula is C32H38N4O3. The van der Waals surface area contributed by atoms with E-state index in [9.17, 15) is 9.59 Å². The van der Waals surface area contributed by atoms with Crippen molar-refractivity contribution >= 4 is 23.2 Å². The standard InChI is InChI=1S/C32H38N4O3/c1-2-24-8-10-26(11-9-24)31(37)34-28-12-13-30(36-17-14-25-6-3-4-7-27(25)23-36)29(22-28)32(38)33-15-5-16-35-18-20-39-21-19-35/h3-4,6-13,22H,2,5,14-21,23H2,1H3,(H,33,38)(H,34,37). The Labute approximate surface area is 231 Å². The predicted octanol–water partition coefficient (Wildman–Crippen LogP) is 4.52. The van der Waals surface area contributed by atoms with Crippen molar-refractivity contribution in [3.63, 3.8) is 0 Å². The van der Waals surface area contributed by atoms with Gasteiger partial charge >= 0.3 is 0 Å². The summed E-state index contributed by atoms with van der Waals surface area (Å²) < 4.78 is 5.43. The zero-order valence-electron chi connectivity index (χ0n) is 22.7. The summed E-state index contributed by atoms with van der Waals surface area (Å²) >= 11 is 0. The number of rotatable bonds is 9. The van der Waals surface area contributed by atoms with Crippen LogP contribution in [0.3, 0.4) is 0 Å². The second-order valence-corrected chi connectivity index (χ2v) is 10.2. The molecule has 3 aromatic carbocycles. The Morgan fingerprint density at radius 1 is 0.897 bits per heavy atom. The van der Waals surface area contributed by atoms with Gasteiger partial charge in [0.05, 0.1) is 18.8 Å². The molecule has 0 radical (unpaired) electrons. The third-order valence-corrected chi connectivity index (χ3v) is 7.64. The van der Waals surface area contributed by atoms with Gasteiger partial charge in [0.1, 0.15) is 0 Å². The molecule has 39 heavy (non-hydrogen) atoms. The molecule has 2 aliphatic heterocycles. The summed E-state index contributed by atoms with van der Waals surface area (Å²) in [4.78, 5) is 31.1. The Hall–Kier alpha value is -3.68. The summed E-state index contributed by atoms with van der Waals surface area (Å²) in [7, 11) is 0. The Balaban J connectivity index is 1.31. The molecule has 204 valence electrons. The van der Waals surface area contributed by atoms with Crippen LogP contribution in [-0.2, 0) is 24.1 Å². The van der Waals surface area contributed by atoms with E-state index in [2.05, 4.69) is 51.6 Å². The summed E-state index contributed by atoms with van der Waals surface area (Å²) in [5, 5.41) is 6.12. The van der Waals surface area contributed by atoms with Crippen LogP contribution in [0.5, 0.6) is 0 Å². The molecule has 2 amide bonds. The number of benzene rings is 3. The van der Waals surface area contributed by atoms with Crippen molar-refractivity contribution in [2.75, 3.05) is 56.2 Å². The Bertz CT molecular complexity index is 1280. The molecule has 0 atom stereocenters. The number of ether oxygens (including phenoxy) is 1. The molecule has 0 unspecified atom stereocenters. The van der Waals surface area contributed by atoms with Gasteiger partial charge in [-0.1, -0.05) is 43.3 Å². The quantitative estimate of drug-likeness (QED) is 0.401. The summed E-state index contributed by atoms with van der Waals surface area (Å²) in [5.41, 5.74) is 6.51.